The maximum Gasteiger partial charge on any atom is 0.413 e. The molecule has 0 bridgehead atoms. The van der Waals surface area contributed by atoms with Crippen molar-refractivity contribution in [2.24, 2.45) is 5.92 Å². The fourth-order valence-electron chi connectivity index (χ4n) is 1.73. The van der Waals surface area contributed by atoms with Crippen LogP contribution in [0.15, 0.2) is 12.1 Å². The van der Waals surface area contributed by atoms with E-state index in [0.29, 0.717) is 12.0 Å². The van der Waals surface area contributed by atoms with Gasteiger partial charge in [-0.3, -0.25) is 4.79 Å². The van der Waals surface area contributed by atoms with E-state index in [-0.39, 0.29) is 12.1 Å². The minimum absolute atomic E-state index is 0.220. The van der Waals surface area contributed by atoms with Crippen molar-refractivity contribution in [1.82, 2.24) is 5.32 Å². The number of hydrogen-bond acceptors (Lipinski definition) is 2. The maximum atomic E-state index is 13.5. The lowest BCUT2D eigenvalue weighted by Gasteiger charge is -2.23. The zero-order chi connectivity index (χ0) is 17.6. The molecule has 1 atom stereocenters. The van der Waals surface area contributed by atoms with Crippen molar-refractivity contribution < 1.29 is 26.7 Å². The highest BCUT2D eigenvalue weighted by Gasteiger charge is 2.43. The number of anilines is 1. The Kier molecular flexibility index (Phi) is 6.37. The molecule has 1 aliphatic rings. The normalized spacial score (nSPS) is 14.8. The van der Waals surface area contributed by atoms with E-state index in [1.165, 1.54) is 25.2 Å². The van der Waals surface area contributed by atoms with Gasteiger partial charge in [-0.2, -0.15) is 13.2 Å². The Morgan fingerprint density at radius 1 is 1.35 bits per heavy atom. The molecule has 23 heavy (non-hydrogen) atoms. The second-order valence-corrected chi connectivity index (χ2v) is 4.77. The molecule has 0 saturated heterocycles. The topological polar surface area (TPSA) is 41.1 Å². The number of alkyl halides is 3. The van der Waals surface area contributed by atoms with Crippen LogP contribution in [0.1, 0.15) is 24.4 Å². The third-order valence-corrected chi connectivity index (χ3v) is 3.07. The molecule has 0 aromatic heterocycles. The largest absolute Gasteiger partial charge is 0.413 e. The number of carbonyl (C=O) groups is 1. The van der Waals surface area contributed by atoms with Gasteiger partial charge in [0.2, 0.25) is 6.41 Å². The lowest BCUT2D eigenvalue weighted by molar-refractivity contribution is -0.160. The van der Waals surface area contributed by atoms with Crippen LogP contribution in [0.4, 0.5) is 27.6 Å². The van der Waals surface area contributed by atoms with Gasteiger partial charge in [0, 0.05) is 24.2 Å². The molecule has 1 aromatic carbocycles. The molecule has 0 spiro atoms. The first-order valence-electron chi connectivity index (χ1n) is 6.64. The molecule has 0 heterocycles. The van der Waals surface area contributed by atoms with E-state index in [0.717, 1.165) is 6.07 Å². The molecule has 8 heteroatoms. The number of nitrogens with one attached hydrogen (secondary N) is 2. The van der Waals surface area contributed by atoms with Crippen molar-refractivity contribution >= 4 is 12.1 Å². The average Bonchev–Trinajstić information content (AvgIpc) is 3.32. The van der Waals surface area contributed by atoms with E-state index in [1.807, 2.05) is 0 Å². The SMILES string of the molecule is C#CC1CC1.CNc1ccc(F)c(F)c1C(NC=O)C(F)(F)F. The van der Waals surface area contributed by atoms with Crippen LogP contribution in [0.2, 0.25) is 0 Å². The third-order valence-electron chi connectivity index (χ3n) is 3.07. The quantitative estimate of drug-likeness (QED) is 0.503. The zero-order valence-electron chi connectivity index (χ0n) is 12.2. The lowest BCUT2D eigenvalue weighted by Crippen LogP contribution is -2.34. The van der Waals surface area contributed by atoms with Crippen molar-refractivity contribution in [3.8, 4) is 12.3 Å². The summed E-state index contributed by atoms with van der Waals surface area (Å²) in [6, 6.07) is -0.967. The Labute approximate surface area is 130 Å². The number of rotatable bonds is 4. The monoisotopic (exact) mass is 334 g/mol. The van der Waals surface area contributed by atoms with Crippen LogP contribution in [0, 0.1) is 29.9 Å². The Morgan fingerprint density at radius 2 is 1.96 bits per heavy atom. The summed E-state index contributed by atoms with van der Waals surface area (Å²) in [4.78, 5) is 10.2. The molecule has 2 N–H and O–H groups in total. The molecular weight excluding hydrogens is 319 g/mol. The summed E-state index contributed by atoms with van der Waals surface area (Å²) in [6.45, 7) is 0. The molecule has 1 saturated carbocycles. The van der Waals surface area contributed by atoms with Gasteiger partial charge in [-0.15, -0.1) is 12.3 Å². The van der Waals surface area contributed by atoms with Crippen LogP contribution in [0.5, 0.6) is 0 Å². The van der Waals surface area contributed by atoms with Gasteiger partial charge in [0.05, 0.1) is 0 Å². The van der Waals surface area contributed by atoms with E-state index >= 15 is 0 Å². The van der Waals surface area contributed by atoms with E-state index in [9.17, 15) is 26.7 Å². The smallest absolute Gasteiger partial charge is 0.388 e. The molecule has 0 aliphatic heterocycles. The molecule has 126 valence electrons. The highest BCUT2D eigenvalue weighted by molar-refractivity contribution is 5.57. The average molecular weight is 334 g/mol. The minimum atomic E-state index is -4.94. The first-order valence-corrected chi connectivity index (χ1v) is 6.64. The van der Waals surface area contributed by atoms with Crippen molar-refractivity contribution in [2.75, 3.05) is 12.4 Å². The van der Waals surface area contributed by atoms with Crippen LogP contribution in [0.25, 0.3) is 0 Å². The fourth-order valence-corrected chi connectivity index (χ4v) is 1.73. The van der Waals surface area contributed by atoms with E-state index in [1.54, 1.807) is 0 Å². The number of benzene rings is 1. The summed E-state index contributed by atoms with van der Waals surface area (Å²) in [6.07, 6.45) is 2.37. The van der Waals surface area contributed by atoms with Gasteiger partial charge in [0.1, 0.15) is 0 Å². The van der Waals surface area contributed by atoms with Gasteiger partial charge in [-0.1, -0.05) is 0 Å². The number of amides is 1. The minimum Gasteiger partial charge on any atom is -0.388 e. The third kappa shape index (κ3) is 5.13. The van der Waals surface area contributed by atoms with Crippen molar-refractivity contribution in [1.29, 1.82) is 0 Å². The van der Waals surface area contributed by atoms with E-state index < -0.39 is 29.4 Å². The van der Waals surface area contributed by atoms with E-state index in [2.05, 4.69) is 11.2 Å². The van der Waals surface area contributed by atoms with E-state index in [4.69, 9.17) is 6.42 Å². The molecule has 0 radical (unpaired) electrons. The van der Waals surface area contributed by atoms with Crippen LogP contribution in [-0.2, 0) is 4.79 Å². The van der Waals surface area contributed by atoms with Crippen LogP contribution in [-0.4, -0.2) is 19.6 Å². The first kappa shape index (κ1) is 18.7. The van der Waals surface area contributed by atoms with Crippen molar-refractivity contribution in [2.45, 2.75) is 25.1 Å². The van der Waals surface area contributed by atoms with Crippen molar-refractivity contribution in [3.05, 3.63) is 29.3 Å². The summed E-state index contributed by atoms with van der Waals surface area (Å²) >= 11 is 0. The standard InChI is InChI=1S/C10H9F5N2O.C5H6/c1-16-6-3-2-5(11)8(12)7(6)9(17-4-18)10(13,14)15;1-2-5-3-4-5/h2-4,9,16H,1H3,(H,17,18);1,5H,3-4H2. The second-order valence-electron chi connectivity index (χ2n) is 4.77. The Balaban J connectivity index is 0.000000446. The predicted octanol–water partition coefficient (Wildman–Crippen LogP) is 3.39. The molecular formula is C15H15F5N2O. The Hall–Kier alpha value is -2.30. The molecule has 2 rings (SSSR count). The van der Waals surface area contributed by atoms with Crippen LogP contribution < -0.4 is 10.6 Å². The Morgan fingerprint density at radius 3 is 2.30 bits per heavy atom. The fraction of sp³-hybridized carbons (Fsp3) is 0.400. The number of carbonyl (C=O) groups excluding carboxylic acids is 1. The zero-order valence-corrected chi connectivity index (χ0v) is 12.2. The molecule has 1 unspecified atom stereocenters. The first-order chi connectivity index (χ1) is 10.8. The second kappa shape index (κ2) is 7.81. The van der Waals surface area contributed by atoms with Crippen LogP contribution >= 0.6 is 0 Å². The molecule has 1 aliphatic carbocycles. The predicted molar refractivity (Wildman–Crippen MR) is 75.5 cm³/mol. The van der Waals surface area contributed by atoms with Gasteiger partial charge >= 0.3 is 6.18 Å². The van der Waals surface area contributed by atoms with Gasteiger partial charge in [-0.25, -0.2) is 8.78 Å². The van der Waals surface area contributed by atoms with Crippen LogP contribution in [0.3, 0.4) is 0 Å². The van der Waals surface area contributed by atoms with Gasteiger partial charge < -0.3 is 10.6 Å². The molecule has 1 aromatic rings. The lowest BCUT2D eigenvalue weighted by atomic mass is 10.0. The number of hydrogen-bond donors (Lipinski definition) is 2. The summed E-state index contributed by atoms with van der Waals surface area (Å²) in [5.74, 6) is 0.222. The summed E-state index contributed by atoms with van der Waals surface area (Å²) in [5, 5.41) is 3.74. The van der Waals surface area contributed by atoms with Gasteiger partial charge in [-0.05, 0) is 25.0 Å². The summed E-state index contributed by atoms with van der Waals surface area (Å²) < 4.78 is 64.5. The van der Waals surface area contributed by atoms with Gasteiger partial charge in [0.25, 0.3) is 0 Å². The summed E-state index contributed by atoms with van der Waals surface area (Å²) in [7, 11) is 1.25. The summed E-state index contributed by atoms with van der Waals surface area (Å²) in [5.41, 5.74) is -1.25. The highest BCUT2D eigenvalue weighted by atomic mass is 19.4. The van der Waals surface area contributed by atoms with Crippen molar-refractivity contribution in [3.63, 3.8) is 0 Å². The molecule has 1 fully saturated rings. The highest BCUT2D eigenvalue weighted by Crippen LogP contribution is 2.38. The number of halogens is 5. The molecule has 1 amide bonds. The maximum absolute atomic E-state index is 13.5. The number of terminal acetylenes is 1. The molecule has 3 nitrogen and oxygen atoms in total. The van der Waals surface area contributed by atoms with Gasteiger partial charge in [0.15, 0.2) is 17.7 Å². The Bertz CT molecular complexity index is 591.